The van der Waals surface area contributed by atoms with Gasteiger partial charge in [0, 0.05) is 11.1 Å². The SMILES string of the molecule is C[NH+](C)CCOC1c2ccccc2CCc2ccc(Cl)cc21.O=C([O-])/C=C\C(=O)O. The fourth-order valence-corrected chi connectivity index (χ4v) is 3.37. The Hall–Kier alpha value is -2.67. The van der Waals surface area contributed by atoms with Crippen LogP contribution in [-0.4, -0.2) is 44.3 Å². The average Bonchev–Trinajstić information content (AvgIpc) is 2.84. The van der Waals surface area contributed by atoms with Crippen LogP contribution in [0.3, 0.4) is 0 Å². The van der Waals surface area contributed by atoms with Gasteiger partial charge in [-0.3, -0.25) is 0 Å². The largest absolute Gasteiger partial charge is 0.545 e. The van der Waals surface area contributed by atoms with E-state index in [1.807, 2.05) is 6.07 Å². The summed E-state index contributed by atoms with van der Waals surface area (Å²) in [6.07, 6.45) is 3.04. The monoisotopic (exact) mass is 431 g/mol. The van der Waals surface area contributed by atoms with Crippen LogP contribution in [0.1, 0.15) is 28.4 Å². The molecule has 1 atom stereocenters. The number of ether oxygens (including phenoxy) is 1. The number of carboxylic acids is 2. The molecule has 1 aliphatic rings. The first-order valence-electron chi connectivity index (χ1n) is 9.66. The number of hydrogen-bond acceptors (Lipinski definition) is 4. The van der Waals surface area contributed by atoms with E-state index in [1.165, 1.54) is 27.2 Å². The molecule has 3 rings (SSSR count). The molecule has 0 fully saturated rings. The molecule has 7 heteroatoms. The van der Waals surface area contributed by atoms with Crippen molar-refractivity contribution in [2.45, 2.75) is 18.9 Å². The molecule has 0 heterocycles. The van der Waals surface area contributed by atoms with Gasteiger partial charge in [-0.05, 0) is 53.3 Å². The predicted molar refractivity (Wildman–Crippen MR) is 113 cm³/mol. The Morgan fingerprint density at radius 2 is 1.80 bits per heavy atom. The van der Waals surface area contributed by atoms with Gasteiger partial charge in [-0.25, -0.2) is 4.79 Å². The van der Waals surface area contributed by atoms with E-state index >= 15 is 0 Å². The average molecular weight is 432 g/mol. The fraction of sp³-hybridized carbons (Fsp3) is 0.304. The standard InChI is InChI=1S/C19H22ClNO.C4H4O4/c1-21(2)11-12-22-19-17-6-4-3-5-14(17)7-8-15-9-10-16(20)13-18(15)19;5-3(6)1-2-4(7)8/h3-6,9-10,13,19H,7-8,11-12H2,1-2H3;1-2H,(H,5,6)(H,7,8)/b;2-1-. The van der Waals surface area contributed by atoms with Crippen LogP contribution < -0.4 is 10.0 Å². The molecule has 2 aromatic rings. The minimum absolute atomic E-state index is 0.00764. The van der Waals surface area contributed by atoms with Gasteiger partial charge in [-0.15, -0.1) is 0 Å². The molecule has 1 aliphatic carbocycles. The number of carboxylic acid groups (broad SMARTS) is 2. The van der Waals surface area contributed by atoms with E-state index in [9.17, 15) is 14.7 Å². The zero-order valence-corrected chi connectivity index (χ0v) is 17.8. The van der Waals surface area contributed by atoms with Crippen molar-refractivity contribution in [2.24, 2.45) is 0 Å². The van der Waals surface area contributed by atoms with Crippen molar-refractivity contribution in [1.29, 1.82) is 0 Å². The first kappa shape index (κ1) is 23.6. The molecule has 1 unspecified atom stereocenters. The Kier molecular flexibility index (Phi) is 9.05. The van der Waals surface area contributed by atoms with Gasteiger partial charge in [0.25, 0.3) is 0 Å². The molecule has 2 N–H and O–H groups in total. The van der Waals surface area contributed by atoms with Crippen molar-refractivity contribution >= 4 is 23.5 Å². The Morgan fingerprint density at radius 1 is 1.13 bits per heavy atom. The van der Waals surface area contributed by atoms with Crippen molar-refractivity contribution in [3.05, 3.63) is 81.9 Å². The number of rotatable bonds is 6. The van der Waals surface area contributed by atoms with Gasteiger partial charge >= 0.3 is 5.97 Å². The van der Waals surface area contributed by atoms with E-state index in [0.29, 0.717) is 12.2 Å². The molecular formula is C23H26ClNO5. The van der Waals surface area contributed by atoms with E-state index in [4.69, 9.17) is 21.4 Å². The molecule has 0 amide bonds. The van der Waals surface area contributed by atoms with Crippen LogP contribution in [0.4, 0.5) is 0 Å². The summed E-state index contributed by atoms with van der Waals surface area (Å²) < 4.78 is 6.30. The third-order valence-electron chi connectivity index (χ3n) is 4.64. The lowest BCUT2D eigenvalue weighted by atomic mass is 9.97. The molecule has 0 saturated carbocycles. The highest BCUT2D eigenvalue weighted by Gasteiger charge is 2.24. The quantitative estimate of drug-likeness (QED) is 0.667. The highest BCUT2D eigenvalue weighted by Crippen LogP contribution is 2.36. The van der Waals surface area contributed by atoms with E-state index in [-0.39, 0.29) is 6.10 Å². The first-order chi connectivity index (χ1) is 14.3. The van der Waals surface area contributed by atoms with Crippen molar-refractivity contribution in [1.82, 2.24) is 0 Å². The Labute approximate surface area is 181 Å². The minimum atomic E-state index is -1.51. The highest BCUT2D eigenvalue weighted by atomic mass is 35.5. The van der Waals surface area contributed by atoms with Crippen molar-refractivity contribution in [2.75, 3.05) is 27.2 Å². The Balaban J connectivity index is 0.000000343. The van der Waals surface area contributed by atoms with Gasteiger partial charge in [0.2, 0.25) is 0 Å². The number of halogens is 1. The van der Waals surface area contributed by atoms with E-state index < -0.39 is 11.9 Å². The van der Waals surface area contributed by atoms with Gasteiger partial charge in [0.1, 0.15) is 12.6 Å². The summed E-state index contributed by atoms with van der Waals surface area (Å²) in [4.78, 5) is 20.4. The van der Waals surface area contributed by atoms with Crippen LogP contribution in [0.2, 0.25) is 5.02 Å². The van der Waals surface area contributed by atoms with Crippen molar-refractivity contribution < 1.29 is 29.4 Å². The summed E-state index contributed by atoms with van der Waals surface area (Å²) in [6.45, 7) is 1.74. The number of likely N-dealkylation sites (N-methyl/N-ethyl adjacent to an activating group) is 1. The summed E-state index contributed by atoms with van der Waals surface area (Å²) in [7, 11) is 4.30. The summed E-state index contributed by atoms with van der Waals surface area (Å²) >= 11 is 6.25. The normalized spacial score (nSPS) is 15.0. The molecule has 0 radical (unpaired) electrons. The number of carbonyl (C=O) groups excluding carboxylic acids is 1. The Morgan fingerprint density at radius 3 is 2.40 bits per heavy atom. The minimum Gasteiger partial charge on any atom is -0.545 e. The fourth-order valence-electron chi connectivity index (χ4n) is 3.19. The van der Waals surface area contributed by atoms with Crippen LogP contribution in [0.15, 0.2) is 54.6 Å². The third kappa shape index (κ3) is 7.30. The van der Waals surface area contributed by atoms with Gasteiger partial charge in [-0.2, -0.15) is 0 Å². The number of fused-ring (bicyclic) bond motifs is 2. The second kappa shape index (κ2) is 11.5. The molecule has 160 valence electrons. The summed E-state index contributed by atoms with van der Waals surface area (Å²) in [5.74, 6) is -2.80. The molecule has 0 aliphatic heterocycles. The van der Waals surface area contributed by atoms with Crippen LogP contribution in [0.5, 0.6) is 0 Å². The number of benzene rings is 2. The lowest BCUT2D eigenvalue weighted by Crippen LogP contribution is -3.06. The van der Waals surface area contributed by atoms with E-state index in [0.717, 1.165) is 31.0 Å². The lowest BCUT2D eigenvalue weighted by Gasteiger charge is -2.21. The number of aliphatic carboxylic acids is 2. The van der Waals surface area contributed by atoms with Crippen LogP contribution in [0.25, 0.3) is 0 Å². The van der Waals surface area contributed by atoms with Gasteiger partial charge in [0.15, 0.2) is 0 Å². The molecule has 0 aromatic heterocycles. The number of quaternary nitrogens is 1. The van der Waals surface area contributed by atoms with Crippen LogP contribution >= 0.6 is 11.6 Å². The summed E-state index contributed by atoms with van der Waals surface area (Å²) in [5.41, 5.74) is 5.25. The van der Waals surface area contributed by atoms with Crippen molar-refractivity contribution in [3.63, 3.8) is 0 Å². The maximum atomic E-state index is 9.53. The maximum Gasteiger partial charge on any atom is 0.328 e. The molecule has 6 nitrogen and oxygen atoms in total. The zero-order chi connectivity index (χ0) is 22.1. The first-order valence-corrected chi connectivity index (χ1v) is 10.0. The number of aryl methyl sites for hydroxylation is 2. The second-order valence-corrected chi connectivity index (χ2v) is 7.68. The molecular weight excluding hydrogens is 406 g/mol. The predicted octanol–water partition coefficient (Wildman–Crippen LogP) is 1.07. The summed E-state index contributed by atoms with van der Waals surface area (Å²) in [6, 6.07) is 14.8. The number of carbonyl (C=O) groups is 2. The molecule has 2 aromatic carbocycles. The molecule has 0 spiro atoms. The van der Waals surface area contributed by atoms with E-state index in [1.54, 1.807) is 0 Å². The molecule has 0 bridgehead atoms. The van der Waals surface area contributed by atoms with E-state index in [2.05, 4.69) is 50.5 Å². The molecule has 30 heavy (non-hydrogen) atoms. The topological polar surface area (TPSA) is 91.1 Å². The summed E-state index contributed by atoms with van der Waals surface area (Å²) in [5, 5.41) is 18.0. The Bertz CT molecular complexity index is 894. The highest BCUT2D eigenvalue weighted by molar-refractivity contribution is 6.30. The number of hydrogen-bond donors (Lipinski definition) is 2. The van der Waals surface area contributed by atoms with Gasteiger partial charge in [-0.1, -0.05) is 41.9 Å². The van der Waals surface area contributed by atoms with Crippen LogP contribution in [0, 0.1) is 0 Å². The third-order valence-corrected chi connectivity index (χ3v) is 4.88. The van der Waals surface area contributed by atoms with Crippen LogP contribution in [-0.2, 0) is 27.2 Å². The lowest BCUT2D eigenvalue weighted by molar-refractivity contribution is -0.858. The smallest absolute Gasteiger partial charge is 0.328 e. The number of nitrogens with one attached hydrogen (secondary N) is 1. The van der Waals surface area contributed by atoms with Crippen molar-refractivity contribution in [3.8, 4) is 0 Å². The zero-order valence-electron chi connectivity index (χ0n) is 17.1. The molecule has 0 saturated heterocycles. The second-order valence-electron chi connectivity index (χ2n) is 7.24. The maximum absolute atomic E-state index is 9.53. The van der Waals surface area contributed by atoms with Gasteiger partial charge in [0.05, 0.1) is 26.7 Å². The van der Waals surface area contributed by atoms with Gasteiger partial charge < -0.3 is 24.6 Å².